The zero-order chi connectivity index (χ0) is 37.9. The summed E-state index contributed by atoms with van der Waals surface area (Å²) in [6, 6.07) is 28.7. The SMILES string of the molecule is Cc1ncnc2c1c(NCC1=Nc3ccccc3C1)cc(=O)n2O.Cc1ncnc2c1c(NCC1=Nc3ccccc3C1)cc(=O)n2OCc1ccccc1. The lowest BCUT2D eigenvalue weighted by Crippen LogP contribution is -2.28. The number of para-hydroxylation sites is 2. The number of hydrogen-bond acceptors (Lipinski definition) is 12. The highest BCUT2D eigenvalue weighted by atomic mass is 16.7. The molecule has 0 aliphatic carbocycles. The first-order valence-electron chi connectivity index (χ1n) is 17.7. The average molecular weight is 733 g/mol. The summed E-state index contributed by atoms with van der Waals surface area (Å²) in [7, 11) is 0. The molecule has 6 heterocycles. The molecule has 9 rings (SSSR count). The van der Waals surface area contributed by atoms with Gasteiger partial charge in [0.15, 0.2) is 11.3 Å². The van der Waals surface area contributed by atoms with Crippen LogP contribution in [-0.4, -0.2) is 59.1 Å². The van der Waals surface area contributed by atoms with Gasteiger partial charge in [-0.05, 0) is 42.7 Å². The van der Waals surface area contributed by atoms with Crippen LogP contribution in [0.5, 0.6) is 0 Å². The van der Waals surface area contributed by atoms with Crippen molar-refractivity contribution >= 4 is 56.2 Å². The summed E-state index contributed by atoms with van der Waals surface area (Å²) in [5.41, 5.74) is 9.91. The normalized spacial score (nSPS) is 12.7. The molecular weight excluding hydrogens is 697 g/mol. The lowest BCUT2D eigenvalue weighted by molar-refractivity contribution is 0.0980. The fourth-order valence-electron chi connectivity index (χ4n) is 6.70. The lowest BCUT2D eigenvalue weighted by Gasteiger charge is -2.15. The van der Waals surface area contributed by atoms with E-state index < -0.39 is 5.56 Å². The van der Waals surface area contributed by atoms with Crippen LogP contribution >= 0.6 is 0 Å². The van der Waals surface area contributed by atoms with Crippen molar-refractivity contribution in [1.29, 1.82) is 0 Å². The molecule has 55 heavy (non-hydrogen) atoms. The van der Waals surface area contributed by atoms with Crippen molar-refractivity contribution in [1.82, 2.24) is 29.4 Å². The molecule has 0 amide bonds. The molecule has 0 unspecified atom stereocenters. The maximum atomic E-state index is 12.9. The molecule has 274 valence electrons. The molecule has 0 saturated heterocycles. The second-order valence-electron chi connectivity index (χ2n) is 13.1. The zero-order valence-electron chi connectivity index (χ0n) is 30.1. The number of rotatable bonds is 9. The van der Waals surface area contributed by atoms with Crippen LogP contribution in [0, 0.1) is 13.8 Å². The summed E-state index contributed by atoms with van der Waals surface area (Å²) in [5.74, 6) is 0. The number of nitrogens with one attached hydrogen (secondary N) is 2. The van der Waals surface area contributed by atoms with Crippen LogP contribution in [0.1, 0.15) is 28.1 Å². The minimum absolute atomic E-state index is 0.189. The molecule has 4 aromatic heterocycles. The van der Waals surface area contributed by atoms with Crippen LogP contribution in [0.15, 0.2) is 123 Å². The highest BCUT2D eigenvalue weighted by molar-refractivity contribution is 6.00. The molecule has 0 saturated carbocycles. The van der Waals surface area contributed by atoms with E-state index in [1.807, 2.05) is 80.6 Å². The Morgan fingerprint density at radius 1 is 0.655 bits per heavy atom. The van der Waals surface area contributed by atoms with Gasteiger partial charge in [-0.25, -0.2) is 19.9 Å². The lowest BCUT2D eigenvalue weighted by atomic mass is 10.1. The van der Waals surface area contributed by atoms with E-state index in [9.17, 15) is 14.8 Å². The Labute approximate surface area is 314 Å². The van der Waals surface area contributed by atoms with Crippen molar-refractivity contribution in [2.75, 3.05) is 23.7 Å². The first-order chi connectivity index (χ1) is 26.8. The van der Waals surface area contributed by atoms with Crippen LogP contribution in [0.3, 0.4) is 0 Å². The summed E-state index contributed by atoms with van der Waals surface area (Å²) in [6.45, 7) is 5.01. The van der Waals surface area contributed by atoms with Gasteiger partial charge in [0, 0.05) is 36.4 Å². The first-order valence-corrected chi connectivity index (χ1v) is 17.7. The molecule has 0 bridgehead atoms. The summed E-state index contributed by atoms with van der Waals surface area (Å²) in [5, 5.41) is 17.8. The van der Waals surface area contributed by atoms with Gasteiger partial charge in [-0.3, -0.25) is 19.6 Å². The largest absolute Gasteiger partial charge is 0.423 e. The van der Waals surface area contributed by atoms with Gasteiger partial charge in [0.05, 0.1) is 58.0 Å². The summed E-state index contributed by atoms with van der Waals surface area (Å²) in [4.78, 5) is 56.7. The number of aryl methyl sites for hydroxylation is 2. The van der Waals surface area contributed by atoms with Crippen molar-refractivity contribution in [3.8, 4) is 0 Å². The van der Waals surface area contributed by atoms with E-state index in [2.05, 4.69) is 52.7 Å². The number of fused-ring (bicyclic) bond motifs is 4. The maximum absolute atomic E-state index is 12.9. The van der Waals surface area contributed by atoms with Crippen molar-refractivity contribution in [3.63, 3.8) is 0 Å². The molecule has 3 N–H and O–H groups in total. The van der Waals surface area contributed by atoms with Crippen LogP contribution in [-0.2, 0) is 19.4 Å². The Morgan fingerprint density at radius 2 is 1.16 bits per heavy atom. The molecular formula is C41H36N10O4. The first kappa shape index (κ1) is 34.8. The van der Waals surface area contributed by atoms with E-state index >= 15 is 0 Å². The van der Waals surface area contributed by atoms with Crippen molar-refractivity contribution in [2.24, 2.45) is 9.98 Å². The van der Waals surface area contributed by atoms with Gasteiger partial charge in [-0.15, -0.1) is 9.46 Å². The number of pyridine rings is 2. The fourth-order valence-corrected chi connectivity index (χ4v) is 6.70. The van der Waals surface area contributed by atoms with Crippen LogP contribution in [0.25, 0.3) is 22.1 Å². The second-order valence-corrected chi connectivity index (χ2v) is 13.1. The third-order valence-electron chi connectivity index (χ3n) is 9.41. The van der Waals surface area contributed by atoms with Crippen LogP contribution in [0.4, 0.5) is 22.7 Å². The molecule has 14 nitrogen and oxygen atoms in total. The third kappa shape index (κ3) is 7.25. The van der Waals surface area contributed by atoms with Crippen LogP contribution in [0.2, 0.25) is 0 Å². The Bertz CT molecular complexity index is 2760. The van der Waals surface area contributed by atoms with E-state index in [0.717, 1.165) is 52.3 Å². The van der Waals surface area contributed by atoms with Gasteiger partial charge in [0.1, 0.15) is 19.3 Å². The van der Waals surface area contributed by atoms with Crippen LogP contribution < -0.4 is 26.6 Å². The fraction of sp³-hybridized carbons (Fsp3) is 0.171. The predicted octanol–water partition coefficient (Wildman–Crippen LogP) is 5.55. The molecule has 2 aliphatic heterocycles. The smallest absolute Gasteiger partial charge is 0.287 e. The Morgan fingerprint density at radius 3 is 1.75 bits per heavy atom. The number of nitrogens with zero attached hydrogens (tertiary/aromatic N) is 8. The molecule has 3 aromatic carbocycles. The standard InChI is InChI=1S/C24H21N5O2.C17H15N5O2/c1-16-23-21(25-13-19-11-18-9-5-6-10-20(18)28-19)12-22(30)29(24(23)27-15-26-16)31-14-17-7-3-2-4-8-17;1-10-16-14(7-15(23)22(24)17(16)20-9-19-10)18-8-12-6-11-4-2-3-5-13(11)21-12/h2-10,12,15,25H,11,13-14H2,1H3;2-5,7,9,18,24H,6,8H2,1H3. The number of aromatic nitrogens is 6. The highest BCUT2D eigenvalue weighted by Crippen LogP contribution is 2.28. The zero-order valence-corrected chi connectivity index (χ0v) is 30.1. The quantitative estimate of drug-likeness (QED) is 0.160. The Kier molecular flexibility index (Phi) is 9.52. The van der Waals surface area contributed by atoms with Gasteiger partial charge in [0.2, 0.25) is 0 Å². The summed E-state index contributed by atoms with van der Waals surface area (Å²) < 4.78 is 1.78. The van der Waals surface area contributed by atoms with Gasteiger partial charge in [0.25, 0.3) is 11.1 Å². The van der Waals surface area contributed by atoms with Gasteiger partial charge < -0.3 is 20.7 Å². The summed E-state index contributed by atoms with van der Waals surface area (Å²) in [6.07, 6.45) is 4.35. The van der Waals surface area contributed by atoms with E-state index in [-0.39, 0.29) is 17.8 Å². The van der Waals surface area contributed by atoms with Gasteiger partial charge in [-0.1, -0.05) is 66.7 Å². The van der Waals surface area contributed by atoms with Gasteiger partial charge >= 0.3 is 0 Å². The van der Waals surface area contributed by atoms with Crippen molar-refractivity contribution in [2.45, 2.75) is 33.3 Å². The van der Waals surface area contributed by atoms with E-state index in [4.69, 9.17) is 4.84 Å². The molecule has 0 atom stereocenters. The minimum atomic E-state index is -0.542. The topological polar surface area (TPSA) is 174 Å². The molecule has 14 heteroatoms. The maximum Gasteiger partial charge on any atom is 0.287 e. The number of aliphatic imine (C=N–C) groups is 2. The van der Waals surface area contributed by atoms with Crippen molar-refractivity contribution < 1.29 is 10.0 Å². The van der Waals surface area contributed by atoms with Crippen molar-refractivity contribution in [3.05, 3.63) is 152 Å². The van der Waals surface area contributed by atoms with E-state index in [1.165, 1.54) is 40.6 Å². The summed E-state index contributed by atoms with van der Waals surface area (Å²) >= 11 is 0. The molecule has 0 fully saturated rings. The Balaban J connectivity index is 0.000000160. The monoisotopic (exact) mass is 732 g/mol. The number of benzene rings is 3. The minimum Gasteiger partial charge on any atom is -0.423 e. The second kappa shape index (κ2) is 15.0. The molecule has 0 radical (unpaired) electrons. The van der Waals surface area contributed by atoms with Gasteiger partial charge in [-0.2, -0.15) is 0 Å². The number of hydrogen-bond donors (Lipinski definition) is 3. The molecule has 2 aliphatic rings. The van der Waals surface area contributed by atoms with E-state index in [1.54, 1.807) is 0 Å². The number of anilines is 2. The predicted molar refractivity (Wildman–Crippen MR) is 212 cm³/mol. The average Bonchev–Trinajstić information content (AvgIpc) is 3.82. The molecule has 0 spiro atoms. The van der Waals surface area contributed by atoms with E-state index in [0.29, 0.717) is 45.9 Å². The highest BCUT2D eigenvalue weighted by Gasteiger charge is 2.19. The third-order valence-corrected chi connectivity index (χ3v) is 9.41. The Hall–Kier alpha value is -7.22. The molecule has 7 aromatic rings.